The van der Waals surface area contributed by atoms with Crippen molar-refractivity contribution in [3.05, 3.63) is 41.1 Å². The highest BCUT2D eigenvalue weighted by molar-refractivity contribution is 5.44. The van der Waals surface area contributed by atoms with Crippen molar-refractivity contribution in [3.8, 4) is 11.5 Å². The number of aromatic nitrogens is 1. The van der Waals surface area contributed by atoms with Gasteiger partial charge in [0.05, 0.1) is 12.2 Å². The van der Waals surface area contributed by atoms with Crippen molar-refractivity contribution in [2.75, 3.05) is 19.8 Å². The van der Waals surface area contributed by atoms with E-state index in [1.165, 1.54) is 12.0 Å². The molecule has 0 N–H and O–H groups in total. The molecule has 0 bridgehead atoms. The third-order valence-electron chi connectivity index (χ3n) is 4.73. The summed E-state index contributed by atoms with van der Waals surface area (Å²) < 4.78 is 17.1. The molecule has 2 aliphatic rings. The number of likely N-dealkylation sites (tertiary alicyclic amines) is 1. The molecule has 2 aromatic rings. The summed E-state index contributed by atoms with van der Waals surface area (Å²) in [7, 11) is 0. The van der Waals surface area contributed by atoms with Crippen molar-refractivity contribution in [3.63, 3.8) is 0 Å². The summed E-state index contributed by atoms with van der Waals surface area (Å²) in [6.45, 7) is 7.04. The van der Waals surface area contributed by atoms with Gasteiger partial charge in [-0.2, -0.15) is 0 Å². The van der Waals surface area contributed by atoms with Gasteiger partial charge in [-0.15, -0.1) is 0 Å². The lowest BCUT2D eigenvalue weighted by molar-refractivity contribution is 0.170. The van der Waals surface area contributed by atoms with Crippen LogP contribution in [0, 0.1) is 13.8 Å². The number of fused-ring (bicyclic) bond motifs is 1. The van der Waals surface area contributed by atoms with E-state index in [-0.39, 0.29) is 0 Å². The molecule has 1 unspecified atom stereocenters. The van der Waals surface area contributed by atoms with E-state index in [0.29, 0.717) is 19.3 Å². The minimum Gasteiger partial charge on any atom is -0.486 e. The summed E-state index contributed by atoms with van der Waals surface area (Å²) in [6.07, 6.45) is 2.34. The zero-order valence-electron chi connectivity index (χ0n) is 13.7. The first kappa shape index (κ1) is 14.6. The van der Waals surface area contributed by atoms with Crippen molar-refractivity contribution in [2.45, 2.75) is 39.3 Å². The zero-order valence-corrected chi connectivity index (χ0v) is 13.7. The van der Waals surface area contributed by atoms with Gasteiger partial charge in [-0.05, 0) is 50.9 Å². The topological polar surface area (TPSA) is 47.7 Å². The first-order valence-corrected chi connectivity index (χ1v) is 8.27. The summed E-state index contributed by atoms with van der Waals surface area (Å²) in [5.41, 5.74) is 2.27. The van der Waals surface area contributed by atoms with Gasteiger partial charge in [0, 0.05) is 6.04 Å². The summed E-state index contributed by atoms with van der Waals surface area (Å²) in [6, 6.07) is 6.70. The van der Waals surface area contributed by atoms with E-state index in [0.717, 1.165) is 48.4 Å². The van der Waals surface area contributed by atoms with Crippen LogP contribution in [-0.2, 0) is 6.54 Å². The Morgan fingerprint density at radius 3 is 2.78 bits per heavy atom. The van der Waals surface area contributed by atoms with E-state index in [9.17, 15) is 0 Å². The Morgan fingerprint density at radius 1 is 1.17 bits per heavy atom. The van der Waals surface area contributed by atoms with Crippen LogP contribution < -0.4 is 9.47 Å². The molecule has 0 amide bonds. The number of benzene rings is 1. The minimum absolute atomic E-state index is 0.387. The van der Waals surface area contributed by atoms with E-state index >= 15 is 0 Å². The number of aryl methyl sites for hydroxylation is 2. The van der Waals surface area contributed by atoms with Crippen LogP contribution in [-0.4, -0.2) is 29.6 Å². The fourth-order valence-electron chi connectivity index (χ4n) is 3.44. The highest BCUT2D eigenvalue weighted by Crippen LogP contribution is 2.38. The van der Waals surface area contributed by atoms with E-state index in [1.807, 2.05) is 19.9 Å². The van der Waals surface area contributed by atoms with Crippen molar-refractivity contribution < 1.29 is 13.9 Å². The molecule has 1 fully saturated rings. The third kappa shape index (κ3) is 2.81. The van der Waals surface area contributed by atoms with Crippen LogP contribution in [0.3, 0.4) is 0 Å². The van der Waals surface area contributed by atoms with Crippen molar-refractivity contribution in [1.82, 2.24) is 9.88 Å². The maximum absolute atomic E-state index is 5.75. The number of oxazole rings is 1. The standard InChI is InChI=1S/C18H22N2O3/c1-12-13(2)23-18(19-12)11-20-7-3-4-15(20)14-5-6-16-17(10-14)22-9-8-21-16/h5-6,10,15H,3-4,7-9,11H2,1-2H3. The first-order chi connectivity index (χ1) is 11.2. The largest absolute Gasteiger partial charge is 0.486 e. The molecule has 2 aliphatic heterocycles. The van der Waals surface area contributed by atoms with Crippen LogP contribution in [0.25, 0.3) is 0 Å². The Bertz CT molecular complexity index is 691. The fraction of sp³-hybridized carbons (Fsp3) is 0.500. The van der Waals surface area contributed by atoms with Gasteiger partial charge in [0.15, 0.2) is 11.5 Å². The van der Waals surface area contributed by atoms with Gasteiger partial charge in [0.2, 0.25) is 5.89 Å². The molecule has 4 rings (SSSR count). The molecular weight excluding hydrogens is 292 g/mol. The third-order valence-corrected chi connectivity index (χ3v) is 4.73. The molecule has 0 spiro atoms. The second-order valence-corrected chi connectivity index (χ2v) is 6.28. The van der Waals surface area contributed by atoms with Gasteiger partial charge < -0.3 is 13.9 Å². The second kappa shape index (κ2) is 5.89. The van der Waals surface area contributed by atoms with Gasteiger partial charge >= 0.3 is 0 Å². The average Bonchev–Trinajstić information content (AvgIpc) is 3.14. The van der Waals surface area contributed by atoms with Gasteiger partial charge in [-0.3, -0.25) is 4.90 Å². The normalized spacial score (nSPS) is 20.9. The molecule has 23 heavy (non-hydrogen) atoms. The molecule has 5 heteroatoms. The lowest BCUT2D eigenvalue weighted by Crippen LogP contribution is -2.23. The summed E-state index contributed by atoms with van der Waals surface area (Å²) in [4.78, 5) is 6.96. The Labute approximate surface area is 136 Å². The molecule has 0 saturated carbocycles. The molecule has 1 aromatic carbocycles. The van der Waals surface area contributed by atoms with Crippen LogP contribution >= 0.6 is 0 Å². The smallest absolute Gasteiger partial charge is 0.208 e. The predicted octanol–water partition coefficient (Wildman–Crippen LogP) is 3.40. The van der Waals surface area contributed by atoms with E-state index < -0.39 is 0 Å². The van der Waals surface area contributed by atoms with Crippen LogP contribution in [0.2, 0.25) is 0 Å². The van der Waals surface area contributed by atoms with Crippen LogP contribution in [0.1, 0.15) is 41.8 Å². The molecule has 1 atom stereocenters. The highest BCUT2D eigenvalue weighted by Gasteiger charge is 2.28. The number of rotatable bonds is 3. The lowest BCUT2D eigenvalue weighted by Gasteiger charge is -2.25. The van der Waals surface area contributed by atoms with Crippen LogP contribution in [0.4, 0.5) is 0 Å². The molecule has 1 aromatic heterocycles. The van der Waals surface area contributed by atoms with E-state index in [4.69, 9.17) is 13.9 Å². The fourth-order valence-corrected chi connectivity index (χ4v) is 3.44. The monoisotopic (exact) mass is 314 g/mol. The zero-order chi connectivity index (χ0) is 15.8. The minimum atomic E-state index is 0.387. The summed E-state index contributed by atoms with van der Waals surface area (Å²) in [5.74, 6) is 3.44. The number of nitrogens with zero attached hydrogens (tertiary/aromatic N) is 2. The number of hydrogen-bond donors (Lipinski definition) is 0. The quantitative estimate of drug-likeness (QED) is 0.869. The molecule has 5 nitrogen and oxygen atoms in total. The lowest BCUT2D eigenvalue weighted by atomic mass is 10.0. The average molecular weight is 314 g/mol. The maximum atomic E-state index is 5.75. The van der Waals surface area contributed by atoms with Gasteiger partial charge in [-0.1, -0.05) is 6.07 Å². The van der Waals surface area contributed by atoms with Crippen molar-refractivity contribution in [1.29, 1.82) is 0 Å². The summed E-state index contributed by atoms with van der Waals surface area (Å²) in [5, 5.41) is 0. The Balaban J connectivity index is 1.55. The van der Waals surface area contributed by atoms with Crippen molar-refractivity contribution in [2.24, 2.45) is 0 Å². The first-order valence-electron chi connectivity index (χ1n) is 8.27. The van der Waals surface area contributed by atoms with Crippen molar-refractivity contribution >= 4 is 0 Å². The molecule has 1 saturated heterocycles. The van der Waals surface area contributed by atoms with Crippen LogP contribution in [0.5, 0.6) is 11.5 Å². The maximum Gasteiger partial charge on any atom is 0.208 e. The molecule has 0 radical (unpaired) electrons. The van der Waals surface area contributed by atoms with Crippen LogP contribution in [0.15, 0.2) is 22.6 Å². The molecular formula is C18H22N2O3. The molecule has 122 valence electrons. The second-order valence-electron chi connectivity index (χ2n) is 6.28. The Hall–Kier alpha value is -2.01. The van der Waals surface area contributed by atoms with Gasteiger partial charge in [0.25, 0.3) is 0 Å². The van der Waals surface area contributed by atoms with E-state index in [1.54, 1.807) is 0 Å². The number of ether oxygens (including phenoxy) is 2. The highest BCUT2D eigenvalue weighted by atomic mass is 16.6. The van der Waals surface area contributed by atoms with Gasteiger partial charge in [0.1, 0.15) is 19.0 Å². The van der Waals surface area contributed by atoms with E-state index in [2.05, 4.69) is 22.0 Å². The van der Waals surface area contributed by atoms with Gasteiger partial charge in [-0.25, -0.2) is 4.98 Å². The molecule has 3 heterocycles. The number of hydrogen-bond acceptors (Lipinski definition) is 5. The Morgan fingerprint density at radius 2 is 2.00 bits per heavy atom. The molecule has 0 aliphatic carbocycles. The SMILES string of the molecule is Cc1nc(CN2CCCC2c2ccc3c(c2)OCCO3)oc1C. The summed E-state index contributed by atoms with van der Waals surface area (Å²) >= 11 is 0. The Kier molecular flexibility index (Phi) is 3.73. The predicted molar refractivity (Wildman–Crippen MR) is 85.8 cm³/mol.